The first-order valence-electron chi connectivity index (χ1n) is 9.81. The number of anilines is 3. The number of nitrogens with zero attached hydrogens (tertiary/aromatic N) is 2. The molecule has 1 atom stereocenters. The molecule has 0 aromatic heterocycles. The second-order valence-corrected chi connectivity index (χ2v) is 7.93. The second kappa shape index (κ2) is 7.94. The smallest absolute Gasteiger partial charge is 0.257 e. The zero-order valence-corrected chi connectivity index (χ0v) is 16.7. The Morgan fingerprint density at radius 1 is 1.18 bits per heavy atom. The molecule has 146 valence electrons. The summed E-state index contributed by atoms with van der Waals surface area (Å²) in [4.78, 5) is 30.1. The van der Waals surface area contributed by atoms with Crippen LogP contribution in [0, 0.1) is 0 Å². The zero-order chi connectivity index (χ0) is 19.7. The first-order chi connectivity index (χ1) is 13.5. The number of carbonyl (C=O) groups is 2. The van der Waals surface area contributed by atoms with E-state index in [1.807, 2.05) is 12.1 Å². The van der Waals surface area contributed by atoms with E-state index in [4.69, 9.17) is 11.6 Å². The Morgan fingerprint density at radius 2 is 2.00 bits per heavy atom. The molecule has 1 saturated heterocycles. The molecule has 0 bridgehead atoms. The summed E-state index contributed by atoms with van der Waals surface area (Å²) in [6.45, 7) is 3.99. The van der Waals surface area contributed by atoms with Gasteiger partial charge in [0.2, 0.25) is 5.91 Å². The number of rotatable bonds is 3. The van der Waals surface area contributed by atoms with Crippen molar-refractivity contribution in [3.8, 4) is 0 Å². The Kier molecular flexibility index (Phi) is 5.38. The van der Waals surface area contributed by atoms with Gasteiger partial charge in [0, 0.05) is 24.0 Å². The Bertz CT molecular complexity index is 914. The minimum atomic E-state index is -0.237. The molecule has 2 amide bonds. The lowest BCUT2D eigenvalue weighted by Gasteiger charge is -2.33. The van der Waals surface area contributed by atoms with Gasteiger partial charge in [-0.05, 0) is 56.6 Å². The molecular formula is C22H24ClN3O2. The number of hydrogen-bond acceptors (Lipinski definition) is 3. The van der Waals surface area contributed by atoms with Crippen LogP contribution >= 0.6 is 11.6 Å². The Hall–Kier alpha value is -2.37. The van der Waals surface area contributed by atoms with Crippen molar-refractivity contribution in [3.05, 3.63) is 53.1 Å². The Morgan fingerprint density at radius 3 is 2.82 bits per heavy atom. The van der Waals surface area contributed by atoms with Crippen LogP contribution in [0.15, 0.2) is 42.5 Å². The van der Waals surface area contributed by atoms with Crippen molar-refractivity contribution >= 4 is 40.5 Å². The minimum absolute atomic E-state index is 0.0229. The van der Waals surface area contributed by atoms with Gasteiger partial charge in [-0.25, -0.2) is 0 Å². The topological polar surface area (TPSA) is 52.7 Å². The largest absolute Gasteiger partial charge is 0.320 e. The summed E-state index contributed by atoms with van der Waals surface area (Å²) in [5.41, 5.74) is 2.29. The molecule has 1 unspecified atom stereocenters. The molecule has 2 aromatic rings. The maximum absolute atomic E-state index is 13.3. The van der Waals surface area contributed by atoms with Crippen LogP contribution in [0.3, 0.4) is 0 Å². The summed E-state index contributed by atoms with van der Waals surface area (Å²) in [6, 6.07) is 12.9. The van der Waals surface area contributed by atoms with Crippen LogP contribution in [0.25, 0.3) is 0 Å². The molecule has 4 rings (SSSR count). The molecule has 1 N–H and O–H groups in total. The number of piperidine rings is 1. The maximum atomic E-state index is 13.3. The summed E-state index contributed by atoms with van der Waals surface area (Å²) in [5.74, 6) is -0.260. The van der Waals surface area contributed by atoms with E-state index in [0.717, 1.165) is 13.1 Å². The summed E-state index contributed by atoms with van der Waals surface area (Å²) in [7, 11) is 0. The number of carbonyl (C=O) groups excluding carboxylic acids is 2. The summed E-state index contributed by atoms with van der Waals surface area (Å²) in [6.07, 6.45) is 4.02. The number of nitrogens with one attached hydrogen (secondary N) is 1. The summed E-state index contributed by atoms with van der Waals surface area (Å²) in [5, 5.41) is 3.40. The van der Waals surface area contributed by atoms with Crippen LogP contribution in [0.2, 0.25) is 5.02 Å². The molecule has 2 aliphatic heterocycles. The van der Waals surface area contributed by atoms with E-state index in [2.05, 4.69) is 17.1 Å². The van der Waals surface area contributed by atoms with Gasteiger partial charge in [0.05, 0.1) is 22.6 Å². The molecule has 0 saturated carbocycles. The Labute approximate surface area is 170 Å². The molecule has 0 spiro atoms. The van der Waals surface area contributed by atoms with Crippen LogP contribution in [-0.4, -0.2) is 35.8 Å². The normalized spacial score (nSPS) is 19.4. The predicted molar refractivity (Wildman–Crippen MR) is 112 cm³/mol. The van der Waals surface area contributed by atoms with Crippen molar-refractivity contribution in [3.63, 3.8) is 0 Å². The lowest BCUT2D eigenvalue weighted by molar-refractivity contribution is -0.118. The van der Waals surface area contributed by atoms with Gasteiger partial charge in [0.15, 0.2) is 0 Å². The van der Waals surface area contributed by atoms with Crippen molar-refractivity contribution in [1.29, 1.82) is 0 Å². The average molecular weight is 398 g/mol. The highest BCUT2D eigenvalue weighted by Crippen LogP contribution is 2.39. The Balaban J connectivity index is 1.67. The molecule has 28 heavy (non-hydrogen) atoms. The number of para-hydroxylation sites is 1. The molecule has 0 radical (unpaired) electrons. The molecule has 6 heteroatoms. The second-order valence-electron chi connectivity index (χ2n) is 7.49. The van der Waals surface area contributed by atoms with E-state index in [-0.39, 0.29) is 11.8 Å². The third-order valence-corrected chi connectivity index (χ3v) is 5.88. The number of likely N-dealkylation sites (tertiary alicyclic amines) is 1. The van der Waals surface area contributed by atoms with E-state index >= 15 is 0 Å². The lowest BCUT2D eigenvalue weighted by atomic mass is 10.0. The van der Waals surface area contributed by atoms with Crippen LogP contribution in [0.1, 0.15) is 43.0 Å². The highest BCUT2D eigenvalue weighted by Gasteiger charge is 2.30. The summed E-state index contributed by atoms with van der Waals surface area (Å²) >= 11 is 6.13. The number of benzene rings is 2. The molecule has 2 heterocycles. The molecular weight excluding hydrogens is 374 g/mol. The van der Waals surface area contributed by atoms with Crippen LogP contribution in [0.4, 0.5) is 17.1 Å². The van der Waals surface area contributed by atoms with Gasteiger partial charge in [-0.15, -0.1) is 0 Å². The first-order valence-corrected chi connectivity index (χ1v) is 10.2. The number of hydrogen-bond donors (Lipinski definition) is 1. The van der Waals surface area contributed by atoms with Gasteiger partial charge >= 0.3 is 0 Å². The molecule has 1 fully saturated rings. The van der Waals surface area contributed by atoms with Gasteiger partial charge in [-0.2, -0.15) is 0 Å². The highest BCUT2D eigenvalue weighted by atomic mass is 35.5. The van der Waals surface area contributed by atoms with Crippen LogP contribution < -0.4 is 10.2 Å². The van der Waals surface area contributed by atoms with Crippen molar-refractivity contribution in [1.82, 2.24) is 4.90 Å². The molecule has 0 aliphatic carbocycles. The zero-order valence-electron chi connectivity index (χ0n) is 16.0. The van der Waals surface area contributed by atoms with Crippen molar-refractivity contribution in [2.75, 3.05) is 23.3 Å². The van der Waals surface area contributed by atoms with Gasteiger partial charge in [-0.3, -0.25) is 14.5 Å². The first kappa shape index (κ1) is 19.0. The highest BCUT2D eigenvalue weighted by molar-refractivity contribution is 6.31. The monoisotopic (exact) mass is 397 g/mol. The molecule has 5 nitrogen and oxygen atoms in total. The van der Waals surface area contributed by atoms with Crippen LogP contribution in [0.5, 0.6) is 0 Å². The van der Waals surface area contributed by atoms with Gasteiger partial charge in [-0.1, -0.05) is 30.2 Å². The minimum Gasteiger partial charge on any atom is -0.320 e. The molecule has 2 aromatic carbocycles. The number of amides is 2. The third kappa shape index (κ3) is 3.64. The van der Waals surface area contributed by atoms with Crippen molar-refractivity contribution in [2.45, 2.75) is 38.6 Å². The number of halogens is 1. The van der Waals surface area contributed by atoms with Crippen LogP contribution in [-0.2, 0) is 4.79 Å². The van der Waals surface area contributed by atoms with Gasteiger partial charge in [0.1, 0.15) is 0 Å². The fourth-order valence-corrected chi connectivity index (χ4v) is 4.27. The SMILES string of the molecule is CC1CCCCN1CCC(=O)N1c2ccc(Cl)cc2NC(=O)c2ccccc21. The summed E-state index contributed by atoms with van der Waals surface area (Å²) < 4.78 is 0. The van der Waals surface area contributed by atoms with Gasteiger partial charge < -0.3 is 10.2 Å². The fourth-order valence-electron chi connectivity index (χ4n) is 4.09. The predicted octanol–water partition coefficient (Wildman–Crippen LogP) is 4.83. The maximum Gasteiger partial charge on any atom is 0.257 e. The average Bonchev–Trinajstić information content (AvgIpc) is 2.81. The quantitative estimate of drug-likeness (QED) is 0.806. The van der Waals surface area contributed by atoms with E-state index in [9.17, 15) is 9.59 Å². The van der Waals surface area contributed by atoms with E-state index in [1.54, 1.807) is 35.2 Å². The molecule has 2 aliphatic rings. The van der Waals surface area contributed by atoms with E-state index < -0.39 is 0 Å². The van der Waals surface area contributed by atoms with Gasteiger partial charge in [0.25, 0.3) is 5.91 Å². The lowest BCUT2D eigenvalue weighted by Crippen LogP contribution is -2.40. The van der Waals surface area contributed by atoms with E-state index in [1.165, 1.54) is 19.3 Å². The number of fused-ring (bicyclic) bond motifs is 2. The van der Waals surface area contributed by atoms with E-state index in [0.29, 0.717) is 40.1 Å². The fraction of sp³-hybridized carbons (Fsp3) is 0.364. The van der Waals surface area contributed by atoms with Crippen molar-refractivity contribution in [2.24, 2.45) is 0 Å². The van der Waals surface area contributed by atoms with Crippen molar-refractivity contribution < 1.29 is 9.59 Å². The third-order valence-electron chi connectivity index (χ3n) is 5.64. The standard InChI is InChI=1S/C22H24ClN3O2/c1-15-6-4-5-12-25(15)13-11-21(27)26-19-8-3-2-7-17(19)22(28)24-18-14-16(23)9-10-20(18)26/h2-3,7-10,14-15H,4-6,11-13H2,1H3,(H,24,28).